The second-order valence-corrected chi connectivity index (χ2v) is 6.43. The third-order valence-electron chi connectivity index (χ3n) is 4.52. The van der Waals surface area contributed by atoms with Gasteiger partial charge in [-0.25, -0.2) is 0 Å². The Morgan fingerprint density at radius 2 is 1.76 bits per heavy atom. The van der Waals surface area contributed by atoms with Gasteiger partial charge in [0.25, 0.3) is 0 Å². The summed E-state index contributed by atoms with van der Waals surface area (Å²) in [5.74, 6) is 1.83. The van der Waals surface area contributed by atoms with Gasteiger partial charge in [0.05, 0.1) is 11.7 Å². The van der Waals surface area contributed by atoms with Crippen LogP contribution in [0.4, 0.5) is 17.6 Å². The molecule has 0 radical (unpaired) electrons. The number of rotatable bonds is 4. The van der Waals surface area contributed by atoms with Crippen LogP contribution in [0.1, 0.15) is 18.8 Å². The Morgan fingerprint density at radius 1 is 1.08 bits per heavy atom. The number of nitrogens with two attached hydrogens (primary N) is 1. The highest BCUT2D eigenvalue weighted by atomic mass is 16.3. The molecular weight excluding hydrogens is 318 g/mol. The number of aromatic hydroxyl groups is 1. The minimum atomic E-state index is 0.0514. The zero-order valence-electron chi connectivity index (χ0n) is 14.9. The molecule has 1 aromatic carbocycles. The highest BCUT2D eigenvalue weighted by Gasteiger charge is 2.25. The number of phenols is 1. The van der Waals surface area contributed by atoms with Gasteiger partial charge in [0.15, 0.2) is 5.82 Å². The molecule has 0 bridgehead atoms. The maximum absolute atomic E-state index is 10.0. The molecule has 25 heavy (non-hydrogen) atoms. The summed E-state index contributed by atoms with van der Waals surface area (Å²) in [6, 6.07) is 7.51. The molecule has 0 spiro atoms. The minimum Gasteiger partial charge on any atom is -0.506 e. The fraction of sp³-hybridized carbons (Fsp3) is 0.471. The first kappa shape index (κ1) is 17.2. The molecule has 0 aliphatic carbocycles. The Morgan fingerprint density at radius 3 is 2.40 bits per heavy atom. The Balaban J connectivity index is 1.70. The van der Waals surface area contributed by atoms with Gasteiger partial charge < -0.3 is 20.6 Å². The van der Waals surface area contributed by atoms with E-state index in [-0.39, 0.29) is 12.0 Å². The molecule has 1 atom stereocenters. The SMILES string of the molecule is C[C@@H](c1nc(N)nc(N(C)C)n1)N1CCN(c2ccccc2O)CC1. The topological polar surface area (TPSA) is 94.6 Å². The second kappa shape index (κ2) is 7.10. The smallest absolute Gasteiger partial charge is 0.229 e. The van der Waals surface area contributed by atoms with Crippen LogP contribution < -0.4 is 15.5 Å². The average molecular weight is 343 g/mol. The van der Waals surface area contributed by atoms with Crippen LogP contribution in [0.25, 0.3) is 0 Å². The van der Waals surface area contributed by atoms with E-state index in [9.17, 15) is 5.11 Å². The Kier molecular flexibility index (Phi) is 4.89. The third kappa shape index (κ3) is 3.74. The summed E-state index contributed by atoms with van der Waals surface area (Å²) in [7, 11) is 3.77. The van der Waals surface area contributed by atoms with E-state index in [4.69, 9.17) is 5.73 Å². The monoisotopic (exact) mass is 343 g/mol. The van der Waals surface area contributed by atoms with Crippen LogP contribution in [0.3, 0.4) is 0 Å². The Hall–Kier alpha value is -2.61. The van der Waals surface area contributed by atoms with Crippen molar-refractivity contribution >= 4 is 17.6 Å². The summed E-state index contributed by atoms with van der Waals surface area (Å²) >= 11 is 0. The summed E-state index contributed by atoms with van der Waals surface area (Å²) in [6.45, 7) is 5.48. The van der Waals surface area contributed by atoms with Crippen molar-refractivity contribution in [3.63, 3.8) is 0 Å². The first-order valence-electron chi connectivity index (χ1n) is 8.41. The van der Waals surface area contributed by atoms with Gasteiger partial charge >= 0.3 is 0 Å². The molecule has 2 heterocycles. The van der Waals surface area contributed by atoms with E-state index in [0.29, 0.717) is 17.5 Å². The molecule has 1 aliphatic heterocycles. The lowest BCUT2D eigenvalue weighted by atomic mass is 10.2. The van der Waals surface area contributed by atoms with Gasteiger partial charge in [-0.2, -0.15) is 15.0 Å². The molecule has 1 aliphatic rings. The maximum Gasteiger partial charge on any atom is 0.229 e. The van der Waals surface area contributed by atoms with Crippen LogP contribution in [0, 0.1) is 0 Å². The molecule has 8 heteroatoms. The fourth-order valence-corrected chi connectivity index (χ4v) is 3.03. The average Bonchev–Trinajstić information content (AvgIpc) is 2.61. The maximum atomic E-state index is 10.0. The van der Waals surface area contributed by atoms with Crippen molar-refractivity contribution in [2.24, 2.45) is 0 Å². The lowest BCUT2D eigenvalue weighted by Crippen LogP contribution is -2.47. The van der Waals surface area contributed by atoms with Gasteiger partial charge in [-0.05, 0) is 19.1 Å². The zero-order chi connectivity index (χ0) is 18.0. The normalized spacial score (nSPS) is 16.7. The number of piperazine rings is 1. The van der Waals surface area contributed by atoms with Gasteiger partial charge in [-0.3, -0.25) is 4.90 Å². The van der Waals surface area contributed by atoms with Gasteiger partial charge in [-0.1, -0.05) is 12.1 Å². The van der Waals surface area contributed by atoms with Gasteiger partial charge in [0, 0.05) is 40.3 Å². The summed E-state index contributed by atoms with van der Waals surface area (Å²) in [5, 5.41) is 10.0. The standard InChI is InChI=1S/C17H25N7O/c1-12(15-19-16(18)21-17(20-15)22(2)3)23-8-10-24(11-9-23)13-6-4-5-7-14(13)25/h4-7,12,25H,8-11H2,1-3H3,(H2,18,19,20,21)/t12-/m0/s1. The van der Waals surface area contributed by atoms with Crippen LogP contribution in [0.15, 0.2) is 24.3 Å². The molecule has 0 unspecified atom stereocenters. The summed E-state index contributed by atoms with van der Waals surface area (Å²) in [5.41, 5.74) is 6.72. The van der Waals surface area contributed by atoms with E-state index in [1.54, 1.807) is 6.07 Å². The van der Waals surface area contributed by atoms with Crippen LogP contribution in [-0.4, -0.2) is 65.2 Å². The lowest BCUT2D eigenvalue weighted by Gasteiger charge is -2.38. The van der Waals surface area contributed by atoms with Crippen molar-refractivity contribution in [2.45, 2.75) is 13.0 Å². The highest BCUT2D eigenvalue weighted by molar-refractivity contribution is 5.57. The van der Waals surface area contributed by atoms with Crippen molar-refractivity contribution in [2.75, 3.05) is 55.8 Å². The van der Waals surface area contributed by atoms with Crippen molar-refractivity contribution in [1.82, 2.24) is 19.9 Å². The number of benzene rings is 1. The summed E-state index contributed by atoms with van der Waals surface area (Å²) in [6.07, 6.45) is 0. The Labute approximate surface area is 147 Å². The van der Waals surface area contributed by atoms with Gasteiger partial charge in [0.2, 0.25) is 11.9 Å². The number of para-hydroxylation sites is 2. The number of hydrogen-bond donors (Lipinski definition) is 2. The largest absolute Gasteiger partial charge is 0.506 e. The van der Waals surface area contributed by atoms with Gasteiger partial charge in [0.1, 0.15) is 5.75 Å². The number of aromatic nitrogens is 3. The van der Waals surface area contributed by atoms with Gasteiger partial charge in [-0.15, -0.1) is 0 Å². The van der Waals surface area contributed by atoms with Crippen LogP contribution in [0.5, 0.6) is 5.75 Å². The lowest BCUT2D eigenvalue weighted by molar-refractivity contribution is 0.191. The molecular formula is C17H25N7O. The third-order valence-corrected chi connectivity index (χ3v) is 4.52. The molecule has 1 fully saturated rings. The first-order chi connectivity index (χ1) is 12.0. The van der Waals surface area contributed by atoms with E-state index in [1.807, 2.05) is 37.2 Å². The Bertz CT molecular complexity index is 729. The first-order valence-corrected chi connectivity index (χ1v) is 8.41. The van der Waals surface area contributed by atoms with Crippen LogP contribution in [-0.2, 0) is 0 Å². The van der Waals surface area contributed by atoms with Crippen LogP contribution >= 0.6 is 0 Å². The number of anilines is 3. The molecule has 3 N–H and O–H groups in total. The number of nitrogens with zero attached hydrogens (tertiary/aromatic N) is 6. The summed E-state index contributed by atoms with van der Waals surface area (Å²) in [4.78, 5) is 19.3. The van der Waals surface area contributed by atoms with Crippen LogP contribution in [0.2, 0.25) is 0 Å². The molecule has 1 aromatic heterocycles. The molecule has 8 nitrogen and oxygen atoms in total. The van der Waals surface area contributed by atoms with Crippen molar-refractivity contribution in [3.05, 3.63) is 30.1 Å². The van der Waals surface area contributed by atoms with Crippen molar-refractivity contribution in [1.29, 1.82) is 0 Å². The molecule has 3 rings (SSSR count). The predicted molar refractivity (Wildman–Crippen MR) is 98.9 cm³/mol. The second-order valence-electron chi connectivity index (χ2n) is 6.43. The molecule has 1 saturated heterocycles. The van der Waals surface area contributed by atoms with E-state index in [1.165, 1.54) is 0 Å². The molecule has 2 aromatic rings. The summed E-state index contributed by atoms with van der Waals surface area (Å²) < 4.78 is 0. The number of phenolic OH excluding ortho intramolecular Hbond substituents is 1. The van der Waals surface area contributed by atoms with E-state index < -0.39 is 0 Å². The predicted octanol–water partition coefficient (Wildman–Crippen LogP) is 1.11. The highest BCUT2D eigenvalue weighted by Crippen LogP contribution is 2.28. The number of hydrogen-bond acceptors (Lipinski definition) is 8. The quantitative estimate of drug-likeness (QED) is 0.852. The molecule has 0 saturated carbocycles. The zero-order valence-corrected chi connectivity index (χ0v) is 14.9. The number of nitrogen functional groups attached to an aromatic ring is 1. The van der Waals surface area contributed by atoms with Crippen molar-refractivity contribution in [3.8, 4) is 5.75 Å². The molecule has 134 valence electrons. The minimum absolute atomic E-state index is 0.0514. The fourth-order valence-electron chi connectivity index (χ4n) is 3.03. The van der Waals surface area contributed by atoms with E-state index >= 15 is 0 Å². The van der Waals surface area contributed by atoms with Crippen molar-refractivity contribution < 1.29 is 5.11 Å². The van der Waals surface area contributed by atoms with E-state index in [0.717, 1.165) is 31.9 Å². The molecule has 0 amide bonds. The van der Waals surface area contributed by atoms with E-state index in [2.05, 4.69) is 31.7 Å².